The van der Waals surface area contributed by atoms with Crippen LogP contribution in [0.15, 0.2) is 83.7 Å². The molecule has 6 rings (SSSR count). The number of amides is 1. The average molecular weight is 438 g/mol. The first kappa shape index (κ1) is 19.4. The quantitative estimate of drug-likeness (QED) is 0.403. The average Bonchev–Trinajstić information content (AvgIpc) is 3.27. The number of thioether (sulfide) groups is 1. The summed E-state index contributed by atoms with van der Waals surface area (Å²) in [5, 5.41) is 0.972. The van der Waals surface area contributed by atoms with Crippen LogP contribution in [0.25, 0.3) is 16.5 Å². The van der Waals surface area contributed by atoms with E-state index in [1.54, 1.807) is 12.4 Å². The fourth-order valence-electron chi connectivity index (χ4n) is 4.91. The van der Waals surface area contributed by atoms with Crippen molar-refractivity contribution in [1.29, 1.82) is 0 Å². The molecule has 158 valence electrons. The van der Waals surface area contributed by atoms with Gasteiger partial charge in [0, 0.05) is 47.7 Å². The van der Waals surface area contributed by atoms with Crippen LogP contribution in [0.5, 0.6) is 0 Å². The minimum atomic E-state index is 0.0619. The highest BCUT2D eigenvalue weighted by Crippen LogP contribution is 2.43. The number of nitrogens with zero attached hydrogens (tertiary/aromatic N) is 2. The number of aromatic amines is 1. The number of hydrogen-bond donors (Lipinski definition) is 1. The Kier molecular flexibility index (Phi) is 4.84. The molecule has 4 nitrogen and oxygen atoms in total. The van der Waals surface area contributed by atoms with E-state index in [0.29, 0.717) is 5.56 Å². The van der Waals surface area contributed by atoms with Crippen LogP contribution in [0.2, 0.25) is 0 Å². The van der Waals surface area contributed by atoms with Crippen LogP contribution in [-0.2, 0) is 5.75 Å². The minimum Gasteiger partial charge on any atom is -0.360 e. The van der Waals surface area contributed by atoms with Crippen LogP contribution < -0.4 is 0 Å². The van der Waals surface area contributed by atoms with Gasteiger partial charge in [-0.2, -0.15) is 0 Å². The molecule has 2 aliphatic rings. The number of benzene rings is 2. The molecule has 0 radical (unpaired) electrons. The monoisotopic (exact) mass is 437 g/mol. The first-order valence-corrected chi connectivity index (χ1v) is 12.0. The second kappa shape index (κ2) is 7.99. The number of H-pyrrole nitrogens is 1. The molecule has 1 N–H and O–H groups in total. The number of nitrogens with one attached hydrogen (secondary N) is 1. The minimum absolute atomic E-state index is 0.0619. The lowest BCUT2D eigenvalue weighted by molar-refractivity contribution is 0.0745. The van der Waals surface area contributed by atoms with Crippen LogP contribution in [0.4, 0.5) is 0 Å². The molecular formula is C27H23N3OS. The van der Waals surface area contributed by atoms with E-state index in [2.05, 4.69) is 58.5 Å². The summed E-state index contributed by atoms with van der Waals surface area (Å²) >= 11 is 1.92. The van der Waals surface area contributed by atoms with Gasteiger partial charge in [-0.3, -0.25) is 9.78 Å². The van der Waals surface area contributed by atoms with E-state index in [0.717, 1.165) is 42.6 Å². The molecule has 4 aromatic rings. The molecule has 4 heterocycles. The highest BCUT2D eigenvalue weighted by atomic mass is 32.2. The summed E-state index contributed by atoms with van der Waals surface area (Å²) in [5.41, 5.74) is 8.42. The molecule has 1 fully saturated rings. The molecule has 5 heteroatoms. The van der Waals surface area contributed by atoms with Gasteiger partial charge in [0.25, 0.3) is 5.91 Å². The summed E-state index contributed by atoms with van der Waals surface area (Å²) < 4.78 is 0. The van der Waals surface area contributed by atoms with Crippen LogP contribution in [0, 0.1) is 0 Å². The fourth-order valence-corrected chi connectivity index (χ4v) is 5.97. The third-order valence-corrected chi connectivity index (χ3v) is 7.65. The molecule has 32 heavy (non-hydrogen) atoms. The van der Waals surface area contributed by atoms with Gasteiger partial charge in [0.15, 0.2) is 0 Å². The number of carbonyl (C=O) groups is 1. The first-order chi connectivity index (χ1) is 15.8. The van der Waals surface area contributed by atoms with Crippen molar-refractivity contribution in [3.8, 4) is 0 Å². The number of fused-ring (bicyclic) bond motifs is 3. The van der Waals surface area contributed by atoms with Crippen molar-refractivity contribution in [2.45, 2.75) is 23.5 Å². The molecule has 0 unspecified atom stereocenters. The maximum Gasteiger partial charge on any atom is 0.257 e. The molecular weight excluding hydrogens is 414 g/mol. The maximum absolute atomic E-state index is 13.3. The third kappa shape index (κ3) is 3.24. The summed E-state index contributed by atoms with van der Waals surface area (Å²) in [6, 6.07) is 19.5. The number of hydrogen-bond acceptors (Lipinski definition) is 3. The Bertz CT molecular complexity index is 1310. The normalized spacial score (nSPS) is 15.9. The predicted molar refractivity (Wildman–Crippen MR) is 130 cm³/mol. The van der Waals surface area contributed by atoms with E-state index in [1.165, 1.54) is 32.7 Å². The zero-order valence-electron chi connectivity index (χ0n) is 17.7. The Morgan fingerprint density at radius 2 is 1.72 bits per heavy atom. The van der Waals surface area contributed by atoms with Gasteiger partial charge < -0.3 is 9.88 Å². The van der Waals surface area contributed by atoms with E-state index in [1.807, 2.05) is 28.9 Å². The Hall–Kier alpha value is -3.31. The third-order valence-electron chi connectivity index (χ3n) is 6.53. The lowest BCUT2D eigenvalue weighted by atomic mass is 9.86. The van der Waals surface area contributed by atoms with Crippen molar-refractivity contribution in [2.75, 3.05) is 13.1 Å². The summed E-state index contributed by atoms with van der Waals surface area (Å²) in [6.45, 7) is 1.46. The highest BCUT2D eigenvalue weighted by Gasteiger charge is 2.27. The maximum atomic E-state index is 13.3. The van der Waals surface area contributed by atoms with E-state index in [9.17, 15) is 4.79 Å². The number of pyridine rings is 1. The predicted octanol–water partition coefficient (Wildman–Crippen LogP) is 5.91. The van der Waals surface area contributed by atoms with Crippen LogP contribution in [0.3, 0.4) is 0 Å². The van der Waals surface area contributed by atoms with Gasteiger partial charge in [0.1, 0.15) is 0 Å². The van der Waals surface area contributed by atoms with Crippen molar-refractivity contribution >= 4 is 34.1 Å². The van der Waals surface area contributed by atoms with Crippen molar-refractivity contribution in [1.82, 2.24) is 14.9 Å². The summed E-state index contributed by atoms with van der Waals surface area (Å²) in [4.78, 5) is 24.1. The zero-order valence-corrected chi connectivity index (χ0v) is 18.5. The molecule has 2 aliphatic heterocycles. The van der Waals surface area contributed by atoms with Crippen LogP contribution in [-0.4, -0.2) is 33.9 Å². The van der Waals surface area contributed by atoms with Crippen LogP contribution in [0.1, 0.15) is 39.9 Å². The van der Waals surface area contributed by atoms with E-state index in [4.69, 9.17) is 0 Å². The SMILES string of the molecule is O=C(c1cncc2cc[nH]c12)N1CCC(=C2c3ccccc3CSc3ccccc32)CC1. The van der Waals surface area contributed by atoms with Crippen molar-refractivity contribution in [3.05, 3.63) is 101 Å². The van der Waals surface area contributed by atoms with E-state index in [-0.39, 0.29) is 5.91 Å². The topological polar surface area (TPSA) is 49.0 Å². The molecule has 2 aromatic heterocycles. The van der Waals surface area contributed by atoms with Gasteiger partial charge in [0.2, 0.25) is 0 Å². The van der Waals surface area contributed by atoms with Crippen molar-refractivity contribution in [2.24, 2.45) is 0 Å². The molecule has 1 amide bonds. The smallest absolute Gasteiger partial charge is 0.257 e. The second-order valence-electron chi connectivity index (χ2n) is 8.34. The number of rotatable bonds is 1. The Morgan fingerprint density at radius 1 is 0.938 bits per heavy atom. The van der Waals surface area contributed by atoms with E-state index < -0.39 is 0 Å². The number of aromatic nitrogens is 2. The Balaban J connectivity index is 1.35. The van der Waals surface area contributed by atoms with Gasteiger partial charge in [-0.15, -0.1) is 11.8 Å². The van der Waals surface area contributed by atoms with Gasteiger partial charge in [-0.25, -0.2) is 0 Å². The lowest BCUT2D eigenvalue weighted by Gasteiger charge is -2.30. The van der Waals surface area contributed by atoms with E-state index >= 15 is 0 Å². The van der Waals surface area contributed by atoms with Gasteiger partial charge in [-0.1, -0.05) is 48.0 Å². The molecule has 0 atom stereocenters. The van der Waals surface area contributed by atoms with Gasteiger partial charge in [-0.05, 0) is 47.2 Å². The molecule has 0 saturated carbocycles. The van der Waals surface area contributed by atoms with Crippen molar-refractivity contribution < 1.29 is 4.79 Å². The molecule has 0 spiro atoms. The summed E-state index contributed by atoms with van der Waals surface area (Å²) in [7, 11) is 0. The summed E-state index contributed by atoms with van der Waals surface area (Å²) in [5.74, 6) is 1.05. The zero-order chi connectivity index (χ0) is 21.5. The number of piperidine rings is 1. The fraction of sp³-hybridized carbons (Fsp3) is 0.185. The van der Waals surface area contributed by atoms with Crippen molar-refractivity contribution in [3.63, 3.8) is 0 Å². The molecule has 0 bridgehead atoms. The highest BCUT2D eigenvalue weighted by molar-refractivity contribution is 7.98. The Morgan fingerprint density at radius 3 is 2.59 bits per heavy atom. The lowest BCUT2D eigenvalue weighted by Crippen LogP contribution is -2.36. The second-order valence-corrected chi connectivity index (χ2v) is 9.36. The first-order valence-electron chi connectivity index (χ1n) is 11.0. The summed E-state index contributed by atoms with van der Waals surface area (Å²) in [6.07, 6.45) is 7.12. The number of likely N-dealkylation sites (tertiary alicyclic amines) is 1. The van der Waals surface area contributed by atoms with Gasteiger partial charge in [0.05, 0.1) is 11.1 Å². The molecule has 2 aromatic carbocycles. The van der Waals surface area contributed by atoms with Crippen LogP contribution >= 0.6 is 11.8 Å². The Labute approximate surface area is 191 Å². The largest absolute Gasteiger partial charge is 0.360 e. The van der Waals surface area contributed by atoms with Gasteiger partial charge >= 0.3 is 0 Å². The molecule has 1 saturated heterocycles. The standard InChI is InChI=1S/C27H23N3OS/c31-27(23-16-28-15-19-9-12-29-26(19)23)30-13-10-18(11-14-30)25-21-6-2-1-5-20(21)17-32-24-8-4-3-7-22(24)25/h1-9,12,15-16,29H,10-11,13-14,17H2. The molecule has 0 aliphatic carbocycles. The number of carbonyl (C=O) groups excluding carboxylic acids is 1.